The number of amides is 1. The topological polar surface area (TPSA) is 357 Å². The van der Waals surface area contributed by atoms with Gasteiger partial charge in [0, 0.05) is 69.7 Å². The van der Waals surface area contributed by atoms with Gasteiger partial charge in [0.2, 0.25) is 5.91 Å². The van der Waals surface area contributed by atoms with E-state index in [1.807, 2.05) is 132 Å². The van der Waals surface area contributed by atoms with E-state index in [4.69, 9.17) is 18.9 Å². The second-order valence-electron chi connectivity index (χ2n) is 35.3. The van der Waals surface area contributed by atoms with Crippen molar-refractivity contribution >= 4 is 29.6 Å². The molecule has 0 spiro atoms. The van der Waals surface area contributed by atoms with Crippen molar-refractivity contribution in [1.82, 2.24) is 5.32 Å². The lowest BCUT2D eigenvalue weighted by Gasteiger charge is -2.23. The largest absolute Gasteiger partial charge is 0.491 e. The summed E-state index contributed by atoms with van der Waals surface area (Å²) in [5, 5.41) is 116. The van der Waals surface area contributed by atoms with E-state index < -0.39 is 78.9 Å². The number of esters is 3. The van der Waals surface area contributed by atoms with Crippen molar-refractivity contribution in [3.63, 3.8) is 0 Å². The number of aryl methyl sites for hydroxylation is 2. The number of hydrogen-bond donors (Lipinski definition) is 12. The van der Waals surface area contributed by atoms with Gasteiger partial charge in [-0.05, 0) is 255 Å². The van der Waals surface area contributed by atoms with Gasteiger partial charge in [-0.1, -0.05) is 172 Å². The standard InChI is InChI=1S/C26H35F3O6.C26H40O5.C25H37NO4.C25H44O5/c1-17(2)35-25(33)11-6-4-3-5-10-21-22(24(32)15-23(21)31)13-12-19(30)16-34-20-9-7-8-18(14-20)26(27,28)29;1-19(2)31-26(30)13-9-4-3-8-12-22-23(25(29)18-24(22)28)17-16-21(27)15-14-20-10-6-5-7-11-20;1-2-26-25(30)13-9-4-3-8-12-21-22(24(29)18-23(21)28)17-16-20(27)15-14-19-10-6-5-7-11-19;1-4-5-6-7-10-13-20(26)16-17-22-21(23(27)18-24(22)28)14-11-8-9-12-15-25(29)30-19(2)3/h3,5,7-9,12-14,17,19,21-24,30-32H,4,6,10-11,15-16H2,1-2H3;3,5-8,10-11,19,21-25,27-29H,4,9,12-18H2,1-2H3;3,5-8,10-11,16-17,20-24,27-29H,2,4,9,12-15,18H2,1H3,(H,26,30);8,11,19,21-24,27-28H,4-7,9-10,12-18H2,1-3H3/b5-3-,13-12+;8-3-;8-3-,17-16+;11-8-/t19-,21-,22-,23+,24-;21-,22+,23+,24-,25+;20-,21+,22+,23-,24+;21-,22-,23+,24-/m1001/s1. The van der Waals surface area contributed by atoms with Gasteiger partial charge in [-0.3, -0.25) is 24.0 Å². The van der Waals surface area contributed by atoms with Gasteiger partial charge in [-0.25, -0.2) is 0 Å². The Kier molecular flexibility index (Phi) is 56.2. The molecule has 4 fully saturated rings. The fraction of sp³-hybridized carbons (Fsp3) is 0.657. The maximum absolute atomic E-state index is 12.8. The molecule has 3 aromatic carbocycles. The summed E-state index contributed by atoms with van der Waals surface area (Å²) in [6.07, 6.45) is 34.8. The van der Waals surface area contributed by atoms with Crippen LogP contribution in [0.15, 0.2) is 158 Å². The summed E-state index contributed by atoms with van der Waals surface area (Å²) in [6, 6.07) is 24.6. The minimum absolute atomic E-state index is 0.000453. The monoisotopic (exact) mass is 1770 g/mol. The summed E-state index contributed by atoms with van der Waals surface area (Å²) in [4.78, 5) is 58.2. The molecule has 12 N–H and O–H groups in total. The molecule has 4 aliphatic rings. The zero-order valence-electron chi connectivity index (χ0n) is 76.4. The molecule has 21 nitrogen and oxygen atoms in total. The summed E-state index contributed by atoms with van der Waals surface area (Å²) in [6.45, 7) is 15.5. The number of carbonyl (C=O) groups excluding carboxylic acids is 5. The second-order valence-corrected chi connectivity index (χ2v) is 35.3. The number of hydrogen-bond acceptors (Lipinski definition) is 20. The SMILES string of the molecule is CC(C)OC(=O)CCC/C=C\C[C@@H]1[C@@H](/C=C/[C@@H](O)COc2cccc(C(F)(F)F)c2)[C@H](O)C[C@@H]1O.CC(C)OC(=O)CCC/C=C\C[C@@H]1[C@@H](CC[C@@H](O)CCc2ccccc2)[C@H](O)C[C@@H]1O.CCCCCCCC(=O)CC[C@@H]1[C@@H](C/C=C\CCCC(=O)OC(C)C)[C@@H](O)C[C@H]1O.CCNC(=O)CCC/C=C\C[C@@H]1[C@@H](/C=C/[C@@H](O)CCc2ccccc2)[C@H](O)C[C@@H]1O. The van der Waals surface area contributed by atoms with Gasteiger partial charge in [-0.2, -0.15) is 13.2 Å². The second kappa shape index (κ2) is 63.7. The van der Waals surface area contributed by atoms with Crippen LogP contribution in [0.4, 0.5) is 13.2 Å². The minimum Gasteiger partial charge on any atom is -0.491 e. The highest BCUT2D eigenvalue weighted by Gasteiger charge is 2.44. The predicted molar refractivity (Wildman–Crippen MR) is 487 cm³/mol. The van der Waals surface area contributed by atoms with E-state index in [2.05, 4.69) is 30.4 Å². The summed E-state index contributed by atoms with van der Waals surface area (Å²) < 4.78 is 59.0. The van der Waals surface area contributed by atoms with Crippen LogP contribution < -0.4 is 10.1 Å². The molecule has 3 aromatic rings. The number of ether oxygens (including phenoxy) is 4. The van der Waals surface area contributed by atoms with E-state index in [1.165, 1.54) is 48.6 Å². The number of allylic oxidation sites excluding steroid dienone is 8. The molecule has 0 radical (unpaired) electrons. The normalized spacial score (nSPS) is 24.5. The molecule has 0 aromatic heterocycles. The molecule has 0 saturated heterocycles. The molecular weight excluding hydrogens is 1620 g/mol. The van der Waals surface area contributed by atoms with Crippen molar-refractivity contribution in [3.05, 3.63) is 175 Å². The van der Waals surface area contributed by atoms with Crippen LogP contribution in [0.25, 0.3) is 0 Å². The number of carbonyl (C=O) groups is 5. The molecule has 24 heteroatoms. The van der Waals surface area contributed by atoms with Crippen LogP contribution in [0.1, 0.15) is 278 Å². The number of nitrogens with one attached hydrogen (secondary N) is 1. The Morgan fingerprint density at radius 1 is 0.429 bits per heavy atom. The number of aliphatic hydroxyl groups excluding tert-OH is 11. The van der Waals surface area contributed by atoms with Crippen LogP contribution in [0.2, 0.25) is 0 Å². The first-order valence-electron chi connectivity index (χ1n) is 46.9. The molecule has 1 amide bonds. The first-order chi connectivity index (χ1) is 60.2. The van der Waals surface area contributed by atoms with Gasteiger partial charge in [0.05, 0.1) is 84.9 Å². The molecule has 4 saturated carbocycles. The molecule has 0 heterocycles. The molecule has 4 aliphatic carbocycles. The van der Waals surface area contributed by atoms with E-state index in [0.29, 0.717) is 135 Å². The Morgan fingerprint density at radius 2 is 0.833 bits per heavy atom. The first kappa shape index (κ1) is 111. The molecule has 126 heavy (non-hydrogen) atoms. The van der Waals surface area contributed by atoms with Gasteiger partial charge < -0.3 is 80.4 Å². The lowest BCUT2D eigenvalue weighted by Crippen LogP contribution is -2.23. The number of Topliss-reactive ketones (excluding diaryl/α,β-unsaturated/α-hetero) is 1. The first-order valence-corrected chi connectivity index (χ1v) is 46.9. The van der Waals surface area contributed by atoms with E-state index in [9.17, 15) is 93.3 Å². The van der Waals surface area contributed by atoms with Crippen molar-refractivity contribution < 1.29 is 112 Å². The Hall–Kier alpha value is -7.20. The maximum atomic E-state index is 12.8. The summed E-state index contributed by atoms with van der Waals surface area (Å²) >= 11 is 0. The third-order valence-corrected chi connectivity index (χ3v) is 23.7. The molecule has 7 rings (SSSR count). The molecular formula is C102H156F3NO20. The van der Waals surface area contributed by atoms with Crippen LogP contribution >= 0.6 is 0 Å². The van der Waals surface area contributed by atoms with E-state index >= 15 is 0 Å². The highest BCUT2D eigenvalue weighted by Crippen LogP contribution is 2.42. The molecule has 0 aliphatic heterocycles. The molecule has 710 valence electrons. The quantitative estimate of drug-likeness (QED) is 0.0108. The summed E-state index contributed by atoms with van der Waals surface area (Å²) in [5.41, 5.74) is 1.57. The third kappa shape index (κ3) is 47.4. The lowest BCUT2D eigenvalue weighted by atomic mass is 9.85. The zero-order chi connectivity index (χ0) is 92.8. The van der Waals surface area contributed by atoms with Crippen LogP contribution in [0.5, 0.6) is 5.75 Å². The Morgan fingerprint density at radius 3 is 1.28 bits per heavy atom. The van der Waals surface area contributed by atoms with Crippen LogP contribution in [0, 0.1) is 47.3 Å². The van der Waals surface area contributed by atoms with Crippen molar-refractivity contribution in [2.75, 3.05) is 13.2 Å². The Bertz CT molecular complexity index is 3630. The fourth-order valence-electron chi connectivity index (χ4n) is 16.9. The smallest absolute Gasteiger partial charge is 0.416 e. The molecule has 19 atom stereocenters. The number of halogens is 3. The third-order valence-electron chi connectivity index (χ3n) is 23.7. The van der Waals surface area contributed by atoms with Crippen molar-refractivity contribution in [1.29, 1.82) is 0 Å². The number of aliphatic hydroxyl groups is 11. The fourth-order valence-corrected chi connectivity index (χ4v) is 16.9. The van der Waals surface area contributed by atoms with Gasteiger partial charge in [-0.15, -0.1) is 0 Å². The van der Waals surface area contributed by atoms with Gasteiger partial charge in [0.15, 0.2) is 0 Å². The number of benzene rings is 3. The number of rotatable bonds is 53. The van der Waals surface area contributed by atoms with Gasteiger partial charge in [0.1, 0.15) is 24.2 Å². The Balaban J connectivity index is 0.000000353. The number of ketones is 1. The zero-order valence-corrected chi connectivity index (χ0v) is 76.4. The van der Waals surface area contributed by atoms with E-state index in [0.717, 1.165) is 76.3 Å². The highest BCUT2D eigenvalue weighted by atomic mass is 19.4. The highest BCUT2D eigenvalue weighted by molar-refractivity contribution is 5.78. The number of unbranched alkanes of at least 4 members (excludes halogenated alkanes) is 8. The van der Waals surface area contributed by atoms with Crippen molar-refractivity contribution in [2.24, 2.45) is 47.3 Å². The minimum atomic E-state index is -4.49. The van der Waals surface area contributed by atoms with Crippen LogP contribution in [0.3, 0.4) is 0 Å². The molecule has 0 bridgehead atoms. The Labute approximate surface area is 749 Å². The molecule has 0 unspecified atom stereocenters. The van der Waals surface area contributed by atoms with Crippen molar-refractivity contribution in [3.8, 4) is 5.75 Å². The van der Waals surface area contributed by atoms with E-state index in [1.54, 1.807) is 26.0 Å². The lowest BCUT2D eigenvalue weighted by molar-refractivity contribution is -0.148. The van der Waals surface area contributed by atoms with Gasteiger partial charge in [0.25, 0.3) is 0 Å². The van der Waals surface area contributed by atoms with Crippen molar-refractivity contribution in [2.45, 2.75) is 365 Å². The summed E-state index contributed by atoms with van der Waals surface area (Å²) in [7, 11) is 0. The van der Waals surface area contributed by atoms with Crippen LogP contribution in [-0.2, 0) is 57.2 Å². The van der Waals surface area contributed by atoms with Gasteiger partial charge >= 0.3 is 24.1 Å². The summed E-state index contributed by atoms with van der Waals surface area (Å²) in [5.74, 6) is -1.07. The average Bonchev–Trinajstić information content (AvgIpc) is 1.75. The van der Waals surface area contributed by atoms with E-state index in [-0.39, 0.29) is 114 Å². The van der Waals surface area contributed by atoms with Crippen LogP contribution in [-0.4, -0.2) is 184 Å². The average molecular weight is 1770 g/mol. The number of alkyl halides is 3. The predicted octanol–water partition coefficient (Wildman–Crippen LogP) is 16.9. The maximum Gasteiger partial charge on any atom is 0.416 e.